The highest BCUT2D eigenvalue weighted by atomic mass is 16.7. The predicted molar refractivity (Wildman–Crippen MR) is 112 cm³/mol. The van der Waals surface area contributed by atoms with Gasteiger partial charge >= 0.3 is 29.8 Å². The zero-order valence-corrected chi connectivity index (χ0v) is 20.6. The molecule has 1 unspecified atom stereocenters. The van der Waals surface area contributed by atoms with E-state index in [9.17, 15) is 28.8 Å². The first-order valence-electron chi connectivity index (χ1n) is 10.5. The number of carbonyl (C=O) groups excluding carboxylic acids is 6. The highest BCUT2D eigenvalue weighted by molar-refractivity contribution is 5.79. The summed E-state index contributed by atoms with van der Waals surface area (Å²) in [4.78, 5) is 71.8. The molecular weight excluding hydrogens is 474 g/mol. The number of carbonyl (C=O) groups is 6. The van der Waals surface area contributed by atoms with Crippen LogP contribution in [-0.2, 0) is 61.9 Å². The van der Waals surface area contributed by atoms with E-state index in [1.165, 1.54) is 6.92 Å². The predicted octanol–water partition coefficient (Wildman–Crippen LogP) is -0.846. The Balaban J connectivity index is 3.72. The van der Waals surface area contributed by atoms with E-state index >= 15 is 0 Å². The van der Waals surface area contributed by atoms with Crippen molar-refractivity contribution in [2.45, 2.75) is 77.3 Å². The van der Waals surface area contributed by atoms with Gasteiger partial charge < -0.3 is 38.5 Å². The van der Waals surface area contributed by atoms with Crippen molar-refractivity contribution in [1.29, 1.82) is 0 Å². The number of ether oxygens (including phenoxy) is 7. The third kappa shape index (κ3) is 8.47. The standard InChI is InChI=1S/C21H31NO13/c1-10(23)22-17-15(32-12(3)25)8-21(30-7,20(28)29-6)35-19(17)18(34-14(5)27)16(33-13(4)26)9-31-11(2)24/h15-19H,8-9H2,1-7H3,(H,22,23)/t15-,16+,17+,18-,19+,21?/m0/s1. The maximum Gasteiger partial charge on any atom is 0.366 e. The van der Waals surface area contributed by atoms with Gasteiger partial charge in [0.25, 0.3) is 5.79 Å². The number of hydrogen-bond donors (Lipinski definition) is 1. The first kappa shape index (κ1) is 29.8. The van der Waals surface area contributed by atoms with Gasteiger partial charge in [-0.05, 0) is 0 Å². The largest absolute Gasteiger partial charge is 0.465 e. The summed E-state index contributed by atoms with van der Waals surface area (Å²) in [6.07, 6.45) is -6.22. The summed E-state index contributed by atoms with van der Waals surface area (Å²) in [6.45, 7) is 4.92. The van der Waals surface area contributed by atoms with E-state index in [-0.39, 0.29) is 0 Å². The topological polar surface area (TPSA) is 179 Å². The third-order valence-corrected chi connectivity index (χ3v) is 4.82. The van der Waals surface area contributed by atoms with E-state index in [2.05, 4.69) is 5.32 Å². The van der Waals surface area contributed by atoms with Crippen molar-refractivity contribution in [3.05, 3.63) is 0 Å². The molecule has 1 fully saturated rings. The van der Waals surface area contributed by atoms with Gasteiger partial charge in [-0.2, -0.15) is 0 Å². The van der Waals surface area contributed by atoms with Gasteiger partial charge in [0.05, 0.1) is 19.6 Å². The summed E-state index contributed by atoms with van der Waals surface area (Å²) in [6, 6.07) is -1.23. The Morgan fingerprint density at radius 1 is 0.914 bits per heavy atom. The zero-order valence-electron chi connectivity index (χ0n) is 20.6. The molecule has 1 aliphatic heterocycles. The fraction of sp³-hybridized carbons (Fsp3) is 0.714. The van der Waals surface area contributed by atoms with Crippen LogP contribution >= 0.6 is 0 Å². The van der Waals surface area contributed by atoms with Gasteiger partial charge in [-0.15, -0.1) is 0 Å². The number of amides is 1. The van der Waals surface area contributed by atoms with Crippen molar-refractivity contribution < 1.29 is 61.9 Å². The molecule has 14 heteroatoms. The maximum atomic E-state index is 12.7. The molecule has 0 saturated carbocycles. The van der Waals surface area contributed by atoms with Crippen molar-refractivity contribution in [2.24, 2.45) is 0 Å². The van der Waals surface area contributed by atoms with E-state index < -0.39 is 85.0 Å². The number of nitrogens with one attached hydrogen (secondary N) is 1. The Kier molecular flexibility index (Phi) is 11.1. The highest BCUT2D eigenvalue weighted by Crippen LogP contribution is 2.36. The van der Waals surface area contributed by atoms with Gasteiger partial charge in [-0.1, -0.05) is 0 Å². The molecule has 0 aromatic rings. The lowest BCUT2D eigenvalue weighted by Crippen LogP contribution is -2.69. The van der Waals surface area contributed by atoms with Crippen LogP contribution in [0.2, 0.25) is 0 Å². The molecule has 0 aromatic heterocycles. The lowest BCUT2D eigenvalue weighted by molar-refractivity contribution is -0.307. The molecule has 1 aliphatic rings. The second-order valence-corrected chi connectivity index (χ2v) is 7.63. The molecule has 0 radical (unpaired) electrons. The summed E-state index contributed by atoms with van der Waals surface area (Å²) in [7, 11) is 2.19. The highest BCUT2D eigenvalue weighted by Gasteiger charge is 2.58. The van der Waals surface area contributed by atoms with Crippen LogP contribution in [-0.4, -0.2) is 92.8 Å². The molecule has 1 saturated heterocycles. The van der Waals surface area contributed by atoms with Crippen LogP contribution in [0, 0.1) is 0 Å². The van der Waals surface area contributed by atoms with E-state index in [0.717, 1.165) is 41.9 Å². The van der Waals surface area contributed by atoms with Crippen LogP contribution in [0.3, 0.4) is 0 Å². The Bertz CT molecular complexity index is 828. The van der Waals surface area contributed by atoms with Crippen molar-refractivity contribution in [1.82, 2.24) is 5.32 Å². The Morgan fingerprint density at radius 3 is 1.94 bits per heavy atom. The molecule has 0 aromatic carbocycles. The van der Waals surface area contributed by atoms with E-state index in [4.69, 9.17) is 33.2 Å². The average molecular weight is 505 g/mol. The monoisotopic (exact) mass is 505 g/mol. The number of hydrogen-bond acceptors (Lipinski definition) is 13. The third-order valence-electron chi connectivity index (χ3n) is 4.82. The summed E-state index contributed by atoms with van der Waals surface area (Å²) in [5, 5.41) is 2.54. The molecule has 0 bridgehead atoms. The van der Waals surface area contributed by atoms with Crippen molar-refractivity contribution >= 4 is 35.8 Å². The molecule has 1 N–H and O–H groups in total. The molecular formula is C21H31NO13. The van der Waals surface area contributed by atoms with E-state index in [0.29, 0.717) is 0 Å². The van der Waals surface area contributed by atoms with Crippen LogP contribution in [0.5, 0.6) is 0 Å². The molecule has 1 amide bonds. The normalized spacial score (nSPS) is 25.3. The van der Waals surface area contributed by atoms with Gasteiger partial charge in [-0.3, -0.25) is 24.0 Å². The van der Waals surface area contributed by atoms with Gasteiger partial charge in [0, 0.05) is 41.7 Å². The molecule has 0 aliphatic carbocycles. The number of esters is 5. The minimum absolute atomic E-state index is 0.411. The summed E-state index contributed by atoms with van der Waals surface area (Å²) in [5.74, 6) is -6.96. The van der Waals surface area contributed by atoms with Crippen molar-refractivity contribution in [3.8, 4) is 0 Å². The molecule has 35 heavy (non-hydrogen) atoms. The minimum Gasteiger partial charge on any atom is -0.465 e. The number of methoxy groups -OCH3 is 2. The van der Waals surface area contributed by atoms with E-state index in [1.807, 2.05) is 0 Å². The summed E-state index contributed by atoms with van der Waals surface area (Å²) >= 11 is 0. The smallest absolute Gasteiger partial charge is 0.366 e. The van der Waals surface area contributed by atoms with Crippen LogP contribution in [0.1, 0.15) is 41.0 Å². The van der Waals surface area contributed by atoms with Gasteiger partial charge in [0.15, 0.2) is 12.2 Å². The molecule has 1 rings (SSSR count). The lowest BCUT2D eigenvalue weighted by atomic mass is 9.88. The van der Waals surface area contributed by atoms with Crippen LogP contribution in [0.15, 0.2) is 0 Å². The summed E-state index contributed by atoms with van der Waals surface area (Å²) in [5.41, 5.74) is 0. The maximum absolute atomic E-state index is 12.7. The van der Waals surface area contributed by atoms with Gasteiger partial charge in [-0.25, -0.2) is 4.79 Å². The Labute approximate surface area is 201 Å². The fourth-order valence-corrected chi connectivity index (χ4v) is 3.61. The number of rotatable bonds is 10. The van der Waals surface area contributed by atoms with Crippen LogP contribution in [0.4, 0.5) is 0 Å². The van der Waals surface area contributed by atoms with Gasteiger partial charge in [0.2, 0.25) is 5.91 Å². The van der Waals surface area contributed by atoms with Crippen molar-refractivity contribution in [3.63, 3.8) is 0 Å². The Morgan fingerprint density at radius 2 is 1.51 bits per heavy atom. The lowest BCUT2D eigenvalue weighted by Gasteiger charge is -2.48. The quantitative estimate of drug-likeness (QED) is 0.287. The molecule has 6 atom stereocenters. The Hall–Kier alpha value is -3.26. The fourth-order valence-electron chi connectivity index (χ4n) is 3.61. The molecule has 0 spiro atoms. The average Bonchev–Trinajstić information content (AvgIpc) is 2.74. The molecule has 14 nitrogen and oxygen atoms in total. The van der Waals surface area contributed by atoms with Gasteiger partial charge in [0.1, 0.15) is 18.8 Å². The molecule has 198 valence electrons. The van der Waals surface area contributed by atoms with Crippen LogP contribution in [0.25, 0.3) is 0 Å². The molecule has 1 heterocycles. The minimum atomic E-state index is -2.17. The van der Waals surface area contributed by atoms with Crippen LogP contribution < -0.4 is 5.32 Å². The van der Waals surface area contributed by atoms with E-state index in [1.54, 1.807) is 0 Å². The first-order valence-corrected chi connectivity index (χ1v) is 10.5. The summed E-state index contributed by atoms with van der Waals surface area (Å²) < 4.78 is 36.9. The second-order valence-electron chi connectivity index (χ2n) is 7.63. The van der Waals surface area contributed by atoms with Crippen molar-refractivity contribution in [2.75, 3.05) is 20.8 Å². The SMILES string of the molecule is COC(=O)C1(OC)C[C@H](OC(C)=O)[C@@H](NC(C)=O)[C@H]([C@@H](OC(C)=O)[C@@H](COC(C)=O)OC(C)=O)O1. The zero-order chi connectivity index (χ0) is 26.9. The second kappa shape index (κ2) is 13.0. The first-order chi connectivity index (χ1) is 16.3.